The lowest BCUT2D eigenvalue weighted by molar-refractivity contribution is -0.138. The van der Waals surface area contributed by atoms with Crippen LogP contribution in [-0.4, -0.2) is 52.7 Å². The zero-order valence-electron chi connectivity index (χ0n) is 16.0. The minimum absolute atomic E-state index is 0.0906. The van der Waals surface area contributed by atoms with E-state index in [1.54, 1.807) is 17.0 Å². The van der Waals surface area contributed by atoms with Gasteiger partial charge in [-0.05, 0) is 43.5 Å². The van der Waals surface area contributed by atoms with Gasteiger partial charge in [-0.1, -0.05) is 12.1 Å². The molecule has 0 atom stereocenters. The van der Waals surface area contributed by atoms with Gasteiger partial charge in [0.05, 0.1) is 17.8 Å². The molecule has 1 aliphatic carbocycles. The Morgan fingerprint density at radius 3 is 2.47 bits per heavy atom. The van der Waals surface area contributed by atoms with Crippen molar-refractivity contribution in [2.75, 3.05) is 24.7 Å². The van der Waals surface area contributed by atoms with E-state index in [1.165, 1.54) is 23.1 Å². The van der Waals surface area contributed by atoms with E-state index in [4.69, 9.17) is 0 Å². The average Bonchev–Trinajstić information content (AvgIpc) is 3.57. The maximum atomic E-state index is 13.3. The van der Waals surface area contributed by atoms with E-state index in [9.17, 15) is 22.8 Å². The molecule has 10 heteroatoms. The van der Waals surface area contributed by atoms with E-state index in [-0.39, 0.29) is 29.9 Å². The summed E-state index contributed by atoms with van der Waals surface area (Å²) in [6.45, 7) is 1.01. The Morgan fingerprint density at radius 2 is 1.80 bits per heavy atom. The highest BCUT2D eigenvalue weighted by molar-refractivity contribution is 5.96. The first kappa shape index (κ1) is 20.1. The first-order valence-corrected chi connectivity index (χ1v) is 9.68. The van der Waals surface area contributed by atoms with Crippen LogP contribution in [0.1, 0.15) is 45.7 Å². The first-order valence-electron chi connectivity index (χ1n) is 9.68. The van der Waals surface area contributed by atoms with Gasteiger partial charge in [0.2, 0.25) is 0 Å². The number of rotatable bonds is 4. The monoisotopic (exact) mass is 419 g/mol. The van der Waals surface area contributed by atoms with Gasteiger partial charge >= 0.3 is 6.18 Å². The van der Waals surface area contributed by atoms with Crippen LogP contribution in [0.2, 0.25) is 0 Å². The molecule has 2 fully saturated rings. The number of nitrogens with zero attached hydrogens (tertiary/aromatic N) is 4. The smallest absolute Gasteiger partial charge is 0.348 e. The minimum atomic E-state index is -4.61. The van der Waals surface area contributed by atoms with Crippen molar-refractivity contribution in [3.63, 3.8) is 0 Å². The summed E-state index contributed by atoms with van der Waals surface area (Å²) in [5, 5.41) is 10.9. The third-order valence-corrected chi connectivity index (χ3v) is 5.07. The Balaban J connectivity index is 1.47. The second-order valence-electron chi connectivity index (χ2n) is 7.39. The number of alkyl halides is 3. The van der Waals surface area contributed by atoms with Crippen molar-refractivity contribution in [1.82, 2.24) is 20.4 Å². The molecular weight excluding hydrogens is 399 g/mol. The minimum Gasteiger partial charge on any atom is -0.348 e. The van der Waals surface area contributed by atoms with Crippen LogP contribution in [0.5, 0.6) is 0 Å². The highest BCUT2D eigenvalue weighted by atomic mass is 19.4. The largest absolute Gasteiger partial charge is 0.417 e. The maximum absolute atomic E-state index is 13.3. The normalized spacial score (nSPS) is 17.0. The Labute approximate surface area is 170 Å². The summed E-state index contributed by atoms with van der Waals surface area (Å²) in [7, 11) is 0. The number of aromatic nitrogens is 2. The number of halogens is 3. The summed E-state index contributed by atoms with van der Waals surface area (Å²) in [6.07, 6.45) is -2.10. The van der Waals surface area contributed by atoms with Crippen molar-refractivity contribution < 1.29 is 22.8 Å². The number of amides is 2. The van der Waals surface area contributed by atoms with Crippen LogP contribution in [0.4, 0.5) is 19.0 Å². The SMILES string of the molecule is O=C(NC1CC1)c1ccc(N2CCCN(C(=O)c3ccccc3C(F)(F)F)C2)nn1. The molecule has 0 radical (unpaired) electrons. The van der Waals surface area contributed by atoms with Crippen LogP contribution >= 0.6 is 0 Å². The first-order chi connectivity index (χ1) is 14.3. The topological polar surface area (TPSA) is 78.4 Å². The summed E-state index contributed by atoms with van der Waals surface area (Å²) in [4.78, 5) is 27.9. The Hall–Kier alpha value is -3.17. The third kappa shape index (κ3) is 4.37. The van der Waals surface area contributed by atoms with Crippen LogP contribution < -0.4 is 10.2 Å². The molecule has 0 spiro atoms. The Kier molecular flexibility index (Phi) is 5.31. The molecule has 1 aliphatic heterocycles. The Bertz CT molecular complexity index is 944. The molecule has 0 unspecified atom stereocenters. The van der Waals surface area contributed by atoms with Gasteiger partial charge in [-0.15, -0.1) is 10.2 Å². The zero-order chi connectivity index (χ0) is 21.3. The number of carbonyl (C=O) groups is 2. The van der Waals surface area contributed by atoms with Gasteiger partial charge in [-0.25, -0.2) is 0 Å². The fourth-order valence-electron chi connectivity index (χ4n) is 3.34. The number of hydrogen-bond acceptors (Lipinski definition) is 5. The average molecular weight is 419 g/mol. The lowest BCUT2D eigenvalue weighted by Crippen LogP contribution is -2.48. The second-order valence-corrected chi connectivity index (χ2v) is 7.39. The van der Waals surface area contributed by atoms with Crippen molar-refractivity contribution in [1.29, 1.82) is 0 Å². The van der Waals surface area contributed by atoms with Crippen molar-refractivity contribution >= 4 is 17.6 Å². The van der Waals surface area contributed by atoms with Crippen molar-refractivity contribution in [2.24, 2.45) is 0 Å². The second kappa shape index (κ2) is 7.92. The lowest BCUT2D eigenvalue weighted by Gasteiger charge is -2.36. The third-order valence-electron chi connectivity index (χ3n) is 5.07. The van der Waals surface area contributed by atoms with E-state index in [1.807, 2.05) is 0 Å². The molecule has 2 aliphatic rings. The summed E-state index contributed by atoms with van der Waals surface area (Å²) < 4.78 is 39.8. The summed E-state index contributed by atoms with van der Waals surface area (Å²) >= 11 is 0. The molecule has 1 aromatic carbocycles. The van der Waals surface area contributed by atoms with Gasteiger partial charge < -0.3 is 15.1 Å². The molecule has 1 N–H and O–H groups in total. The molecule has 0 bridgehead atoms. The number of anilines is 1. The predicted octanol–water partition coefficient (Wildman–Crippen LogP) is 2.70. The van der Waals surface area contributed by atoms with Crippen molar-refractivity contribution in [3.05, 3.63) is 53.2 Å². The highest BCUT2D eigenvalue weighted by Gasteiger charge is 2.36. The molecule has 158 valence electrons. The molecule has 1 aromatic heterocycles. The van der Waals surface area contributed by atoms with E-state index in [0.29, 0.717) is 25.3 Å². The molecule has 4 rings (SSSR count). The van der Waals surface area contributed by atoms with E-state index in [0.717, 1.165) is 18.9 Å². The van der Waals surface area contributed by atoms with Crippen molar-refractivity contribution in [2.45, 2.75) is 31.5 Å². The van der Waals surface area contributed by atoms with E-state index >= 15 is 0 Å². The highest BCUT2D eigenvalue weighted by Crippen LogP contribution is 2.32. The van der Waals surface area contributed by atoms with Crippen LogP contribution in [0.3, 0.4) is 0 Å². The quantitative estimate of drug-likeness (QED) is 0.825. The van der Waals surface area contributed by atoms with Gasteiger partial charge in [0.15, 0.2) is 11.5 Å². The summed E-state index contributed by atoms with van der Waals surface area (Å²) in [6, 6.07) is 8.18. The molecule has 30 heavy (non-hydrogen) atoms. The maximum Gasteiger partial charge on any atom is 0.417 e. The standard InChI is InChI=1S/C20H20F3N5O2/c21-20(22,23)15-5-2-1-4-14(15)19(30)28-11-3-10-27(12-28)17-9-8-16(25-26-17)18(29)24-13-6-7-13/h1-2,4-5,8-9,13H,3,6-7,10-12H2,(H,24,29). The molecule has 2 heterocycles. The van der Waals surface area contributed by atoms with Gasteiger partial charge in [-0.2, -0.15) is 13.2 Å². The van der Waals surface area contributed by atoms with Gasteiger partial charge in [-0.3, -0.25) is 9.59 Å². The zero-order valence-corrected chi connectivity index (χ0v) is 16.0. The molecule has 2 aromatic rings. The fraction of sp³-hybridized carbons (Fsp3) is 0.400. The molecule has 1 saturated heterocycles. The number of hydrogen-bond donors (Lipinski definition) is 1. The van der Waals surface area contributed by atoms with Gasteiger partial charge in [0.1, 0.15) is 0 Å². The molecule has 7 nitrogen and oxygen atoms in total. The number of carbonyl (C=O) groups excluding carboxylic acids is 2. The summed E-state index contributed by atoms with van der Waals surface area (Å²) in [5.41, 5.74) is -1.11. The lowest BCUT2D eigenvalue weighted by atomic mass is 10.1. The van der Waals surface area contributed by atoms with Crippen LogP contribution in [0.25, 0.3) is 0 Å². The van der Waals surface area contributed by atoms with Crippen LogP contribution in [0.15, 0.2) is 36.4 Å². The number of nitrogens with one attached hydrogen (secondary N) is 1. The van der Waals surface area contributed by atoms with Crippen molar-refractivity contribution in [3.8, 4) is 0 Å². The molecular formula is C20H20F3N5O2. The van der Waals surface area contributed by atoms with E-state index < -0.39 is 17.6 Å². The predicted molar refractivity (Wildman–Crippen MR) is 102 cm³/mol. The van der Waals surface area contributed by atoms with Crippen LogP contribution in [0, 0.1) is 0 Å². The summed E-state index contributed by atoms with van der Waals surface area (Å²) in [5.74, 6) is -0.503. The van der Waals surface area contributed by atoms with E-state index in [2.05, 4.69) is 15.5 Å². The van der Waals surface area contributed by atoms with Crippen LogP contribution in [-0.2, 0) is 6.18 Å². The van der Waals surface area contributed by atoms with Gasteiger partial charge in [0, 0.05) is 19.1 Å². The molecule has 1 saturated carbocycles. The molecule has 2 amide bonds. The fourth-order valence-corrected chi connectivity index (χ4v) is 3.34. The number of benzene rings is 1. The van der Waals surface area contributed by atoms with Gasteiger partial charge in [0.25, 0.3) is 11.8 Å². The Morgan fingerprint density at radius 1 is 1.03 bits per heavy atom.